The van der Waals surface area contributed by atoms with Crippen LogP contribution >= 0.6 is 0 Å². The zero-order valence-corrected chi connectivity index (χ0v) is 8.62. The Bertz CT molecular complexity index is 216. The van der Waals surface area contributed by atoms with Crippen molar-refractivity contribution in [3.05, 3.63) is 11.8 Å². The van der Waals surface area contributed by atoms with E-state index in [-0.39, 0.29) is 6.10 Å². The minimum atomic E-state index is -0.418. The molecule has 0 aromatic heterocycles. The predicted octanol–water partition coefficient (Wildman–Crippen LogP) is 1.26. The van der Waals surface area contributed by atoms with Gasteiger partial charge >= 0.3 is 5.97 Å². The minimum Gasteiger partial charge on any atom is -0.483 e. The van der Waals surface area contributed by atoms with Gasteiger partial charge in [-0.05, 0) is 13.0 Å². The van der Waals surface area contributed by atoms with E-state index in [4.69, 9.17) is 9.47 Å². The molecule has 0 spiro atoms. The highest BCUT2D eigenvalue weighted by atomic mass is 16.6. The second kappa shape index (κ2) is 5.65. The quantitative estimate of drug-likeness (QED) is 0.391. The number of ether oxygens (including phenoxy) is 3. The van der Waals surface area contributed by atoms with E-state index >= 15 is 0 Å². The molecule has 1 fully saturated rings. The smallest absolute Gasteiger partial charge is 0.372 e. The lowest BCUT2D eigenvalue weighted by Crippen LogP contribution is -2.25. The van der Waals surface area contributed by atoms with Crippen LogP contribution in [0.5, 0.6) is 0 Å². The van der Waals surface area contributed by atoms with Crippen molar-refractivity contribution in [3.63, 3.8) is 0 Å². The van der Waals surface area contributed by atoms with Crippen LogP contribution in [0.3, 0.4) is 0 Å². The molecule has 0 saturated carbocycles. The maximum absolute atomic E-state index is 11.2. The van der Waals surface area contributed by atoms with Crippen molar-refractivity contribution in [2.45, 2.75) is 25.9 Å². The molecule has 0 aromatic rings. The van der Waals surface area contributed by atoms with E-state index in [9.17, 15) is 4.79 Å². The maximum atomic E-state index is 11.2. The Morgan fingerprint density at radius 1 is 1.43 bits per heavy atom. The molecule has 0 bridgehead atoms. The van der Waals surface area contributed by atoms with Crippen LogP contribution in [-0.4, -0.2) is 32.4 Å². The number of hydrogen-bond donors (Lipinski definition) is 0. The average Bonchev–Trinajstić information content (AvgIpc) is 2.26. The van der Waals surface area contributed by atoms with Crippen LogP contribution in [0.4, 0.5) is 0 Å². The van der Waals surface area contributed by atoms with E-state index in [2.05, 4.69) is 4.74 Å². The number of hydrogen-bond acceptors (Lipinski definition) is 4. The number of methoxy groups -OCH3 is 1. The summed E-state index contributed by atoms with van der Waals surface area (Å²) in [6, 6.07) is 0. The van der Waals surface area contributed by atoms with Crippen LogP contribution in [0, 0.1) is 0 Å². The molecule has 0 radical (unpaired) electrons. The predicted molar refractivity (Wildman–Crippen MR) is 50.7 cm³/mol. The third kappa shape index (κ3) is 3.03. The first kappa shape index (κ1) is 11.0. The fraction of sp³-hybridized carbons (Fsp3) is 0.700. The molecule has 1 heterocycles. The van der Waals surface area contributed by atoms with Crippen LogP contribution in [0.25, 0.3) is 0 Å². The van der Waals surface area contributed by atoms with E-state index in [1.165, 1.54) is 7.11 Å². The largest absolute Gasteiger partial charge is 0.483 e. The van der Waals surface area contributed by atoms with Gasteiger partial charge in [-0.1, -0.05) is 0 Å². The molecule has 0 unspecified atom stereocenters. The number of carbonyl (C=O) groups excluding carboxylic acids is 1. The molecule has 4 heteroatoms. The number of carbonyl (C=O) groups is 1. The van der Waals surface area contributed by atoms with Gasteiger partial charge in [-0.25, -0.2) is 4.79 Å². The molecule has 14 heavy (non-hydrogen) atoms. The molecule has 1 saturated heterocycles. The Hall–Kier alpha value is -1.03. The highest BCUT2D eigenvalue weighted by molar-refractivity contribution is 5.85. The van der Waals surface area contributed by atoms with Gasteiger partial charge in [0.05, 0.1) is 20.3 Å². The summed E-state index contributed by atoms with van der Waals surface area (Å²) in [6.45, 7) is 3.15. The van der Waals surface area contributed by atoms with Gasteiger partial charge in [0, 0.05) is 12.8 Å². The van der Waals surface area contributed by atoms with Crippen molar-refractivity contribution >= 4 is 5.97 Å². The molecule has 0 aliphatic carbocycles. The maximum Gasteiger partial charge on any atom is 0.372 e. The van der Waals surface area contributed by atoms with Gasteiger partial charge in [0.15, 0.2) is 0 Å². The molecule has 0 amide bonds. The van der Waals surface area contributed by atoms with E-state index < -0.39 is 5.97 Å². The fourth-order valence-electron chi connectivity index (χ4n) is 1.31. The van der Waals surface area contributed by atoms with Gasteiger partial charge in [-0.3, -0.25) is 0 Å². The summed E-state index contributed by atoms with van der Waals surface area (Å²) in [5, 5.41) is 0. The Labute approximate surface area is 83.8 Å². The summed E-state index contributed by atoms with van der Waals surface area (Å²) in [5.74, 6) is -0.126. The molecule has 1 aliphatic heterocycles. The summed E-state index contributed by atoms with van der Waals surface area (Å²) in [7, 11) is 1.35. The van der Waals surface area contributed by atoms with Crippen LogP contribution in [0.15, 0.2) is 11.8 Å². The summed E-state index contributed by atoms with van der Waals surface area (Å²) in [6.07, 6.45) is 3.36. The zero-order valence-electron chi connectivity index (χ0n) is 8.62. The summed E-state index contributed by atoms with van der Waals surface area (Å²) in [4.78, 5) is 11.2. The van der Waals surface area contributed by atoms with E-state index in [1.807, 2.05) is 0 Å². The van der Waals surface area contributed by atoms with Gasteiger partial charge in [0.2, 0.25) is 5.76 Å². The van der Waals surface area contributed by atoms with Crippen molar-refractivity contribution in [3.8, 4) is 0 Å². The second-order valence-corrected chi connectivity index (χ2v) is 3.07. The summed E-state index contributed by atoms with van der Waals surface area (Å²) in [5.41, 5.74) is 0. The average molecular weight is 200 g/mol. The first-order valence-electron chi connectivity index (χ1n) is 4.77. The molecule has 0 aromatic carbocycles. The minimum absolute atomic E-state index is 0.0778. The Morgan fingerprint density at radius 2 is 2.07 bits per heavy atom. The highest BCUT2D eigenvalue weighted by Crippen LogP contribution is 2.15. The SMILES string of the molecule is CC=C(OC1CCOCC1)C(=O)OC. The van der Waals surface area contributed by atoms with Gasteiger partial charge in [0.1, 0.15) is 6.10 Å². The van der Waals surface area contributed by atoms with Crippen molar-refractivity contribution in [2.75, 3.05) is 20.3 Å². The first-order valence-corrected chi connectivity index (χ1v) is 4.77. The monoisotopic (exact) mass is 200 g/mol. The normalized spacial score (nSPS) is 19.1. The first-order chi connectivity index (χ1) is 6.77. The Balaban J connectivity index is 2.43. The van der Waals surface area contributed by atoms with Crippen LogP contribution < -0.4 is 0 Å². The highest BCUT2D eigenvalue weighted by Gasteiger charge is 2.19. The standard InChI is InChI=1S/C10H16O4/c1-3-9(10(11)12-2)14-8-4-6-13-7-5-8/h3,8H,4-7H2,1-2H3. The topological polar surface area (TPSA) is 44.8 Å². The van der Waals surface area contributed by atoms with Crippen LogP contribution in [0.1, 0.15) is 19.8 Å². The molecule has 0 atom stereocenters. The number of esters is 1. The van der Waals surface area contributed by atoms with Crippen molar-refractivity contribution in [1.29, 1.82) is 0 Å². The molecule has 4 nitrogen and oxygen atoms in total. The molecule has 1 aliphatic rings. The molecule has 1 rings (SSSR count). The van der Waals surface area contributed by atoms with Crippen molar-refractivity contribution in [1.82, 2.24) is 0 Å². The van der Waals surface area contributed by atoms with Crippen molar-refractivity contribution < 1.29 is 19.0 Å². The van der Waals surface area contributed by atoms with Crippen LogP contribution in [-0.2, 0) is 19.0 Å². The third-order valence-corrected chi connectivity index (χ3v) is 2.11. The molecule has 80 valence electrons. The summed E-state index contributed by atoms with van der Waals surface area (Å²) < 4.78 is 15.3. The lowest BCUT2D eigenvalue weighted by Gasteiger charge is -2.23. The number of rotatable bonds is 3. The Morgan fingerprint density at radius 3 is 2.57 bits per heavy atom. The lowest BCUT2D eigenvalue weighted by atomic mass is 10.1. The summed E-state index contributed by atoms with van der Waals surface area (Å²) >= 11 is 0. The third-order valence-electron chi connectivity index (χ3n) is 2.11. The van der Waals surface area contributed by atoms with E-state index in [1.54, 1.807) is 13.0 Å². The fourth-order valence-corrected chi connectivity index (χ4v) is 1.31. The molecular weight excluding hydrogens is 184 g/mol. The lowest BCUT2D eigenvalue weighted by molar-refractivity contribution is -0.142. The van der Waals surface area contributed by atoms with Crippen LogP contribution in [0.2, 0.25) is 0 Å². The van der Waals surface area contributed by atoms with Crippen molar-refractivity contribution in [2.24, 2.45) is 0 Å². The molecule has 0 N–H and O–H groups in total. The number of allylic oxidation sites excluding steroid dienone is 1. The molecular formula is C10H16O4. The van der Waals surface area contributed by atoms with Gasteiger partial charge in [-0.15, -0.1) is 0 Å². The van der Waals surface area contributed by atoms with E-state index in [0.717, 1.165) is 12.8 Å². The van der Waals surface area contributed by atoms with E-state index in [0.29, 0.717) is 19.0 Å². The Kier molecular flexibility index (Phi) is 4.46. The zero-order chi connectivity index (χ0) is 10.4. The van der Waals surface area contributed by atoms with Gasteiger partial charge in [-0.2, -0.15) is 0 Å². The van der Waals surface area contributed by atoms with Gasteiger partial charge in [0.25, 0.3) is 0 Å². The second-order valence-electron chi connectivity index (χ2n) is 3.07. The van der Waals surface area contributed by atoms with Gasteiger partial charge < -0.3 is 14.2 Å².